The Morgan fingerprint density at radius 3 is 3.06 bits per heavy atom. The third-order valence-corrected chi connectivity index (χ3v) is 3.85. The Kier molecular flexibility index (Phi) is 3.74. The average molecular weight is 257 g/mol. The molecule has 0 saturated carbocycles. The quantitative estimate of drug-likeness (QED) is 0.880. The van der Waals surface area contributed by atoms with E-state index in [1.54, 1.807) is 6.07 Å². The molecule has 0 spiro atoms. The molecular formula is C12H17ClN2O2. The van der Waals surface area contributed by atoms with E-state index in [0.717, 1.165) is 13.0 Å². The maximum absolute atomic E-state index is 12.2. The Balaban J connectivity index is 2.09. The summed E-state index contributed by atoms with van der Waals surface area (Å²) in [6.07, 6.45) is 2.42. The van der Waals surface area contributed by atoms with Crippen LogP contribution in [0, 0.1) is 11.8 Å². The minimum Gasteiger partial charge on any atom is -0.452 e. The lowest BCUT2D eigenvalue weighted by Gasteiger charge is -2.36. The lowest BCUT2D eigenvalue weighted by Crippen LogP contribution is -2.45. The SMILES string of the molecule is CC1CCN(C(=O)c2ccoc2Cl)CC1CN. The molecule has 1 aliphatic rings. The number of nitrogens with zero attached hydrogens (tertiary/aromatic N) is 1. The van der Waals surface area contributed by atoms with Crippen molar-refractivity contribution in [3.8, 4) is 0 Å². The van der Waals surface area contributed by atoms with Gasteiger partial charge in [0, 0.05) is 13.1 Å². The maximum atomic E-state index is 12.2. The van der Waals surface area contributed by atoms with Crippen molar-refractivity contribution in [3.63, 3.8) is 0 Å². The molecule has 0 aliphatic carbocycles. The molecule has 0 radical (unpaired) electrons. The Hall–Kier alpha value is -1.00. The van der Waals surface area contributed by atoms with Gasteiger partial charge in [-0.25, -0.2) is 0 Å². The molecule has 0 aromatic carbocycles. The van der Waals surface area contributed by atoms with Crippen molar-refractivity contribution < 1.29 is 9.21 Å². The fourth-order valence-corrected chi connectivity index (χ4v) is 2.45. The van der Waals surface area contributed by atoms with Crippen molar-refractivity contribution in [2.45, 2.75) is 13.3 Å². The predicted octanol–water partition coefficient (Wildman–Crippen LogP) is 1.99. The standard InChI is InChI=1S/C12H17ClN2O2/c1-8-2-4-15(7-9(8)6-14)12(16)10-3-5-17-11(10)13/h3,5,8-9H,2,4,6-7,14H2,1H3. The van der Waals surface area contributed by atoms with Crippen LogP contribution >= 0.6 is 11.6 Å². The molecule has 1 aromatic heterocycles. The first kappa shape index (κ1) is 12.5. The number of hydrogen-bond acceptors (Lipinski definition) is 3. The van der Waals surface area contributed by atoms with Crippen molar-refractivity contribution in [1.29, 1.82) is 0 Å². The van der Waals surface area contributed by atoms with E-state index >= 15 is 0 Å². The molecule has 0 bridgehead atoms. The van der Waals surface area contributed by atoms with Crippen molar-refractivity contribution in [1.82, 2.24) is 4.90 Å². The molecule has 2 rings (SSSR count). The number of likely N-dealkylation sites (tertiary alicyclic amines) is 1. The van der Waals surface area contributed by atoms with Crippen LogP contribution in [0.25, 0.3) is 0 Å². The van der Waals surface area contributed by atoms with Crippen LogP contribution in [-0.4, -0.2) is 30.4 Å². The Bertz CT molecular complexity index is 405. The lowest BCUT2D eigenvalue weighted by molar-refractivity contribution is 0.0618. The summed E-state index contributed by atoms with van der Waals surface area (Å²) < 4.78 is 4.94. The second-order valence-electron chi connectivity index (χ2n) is 4.62. The Morgan fingerprint density at radius 1 is 1.71 bits per heavy atom. The summed E-state index contributed by atoms with van der Waals surface area (Å²) in [5, 5.41) is 0.165. The largest absolute Gasteiger partial charge is 0.452 e. The minimum absolute atomic E-state index is 0.0610. The highest BCUT2D eigenvalue weighted by molar-refractivity contribution is 6.32. The van der Waals surface area contributed by atoms with Gasteiger partial charge in [-0.05, 0) is 42.5 Å². The molecule has 94 valence electrons. The first-order chi connectivity index (χ1) is 8.13. The maximum Gasteiger partial charge on any atom is 0.258 e. The number of amides is 1. The monoisotopic (exact) mass is 256 g/mol. The molecule has 2 N–H and O–H groups in total. The summed E-state index contributed by atoms with van der Waals surface area (Å²) >= 11 is 5.81. The van der Waals surface area contributed by atoms with Crippen LogP contribution in [0.15, 0.2) is 16.7 Å². The summed E-state index contributed by atoms with van der Waals surface area (Å²) in [6, 6.07) is 1.61. The van der Waals surface area contributed by atoms with Crippen molar-refractivity contribution >= 4 is 17.5 Å². The van der Waals surface area contributed by atoms with Crippen LogP contribution in [0.4, 0.5) is 0 Å². The molecule has 1 saturated heterocycles. The third kappa shape index (κ3) is 2.48. The topological polar surface area (TPSA) is 59.5 Å². The number of halogens is 1. The number of piperidine rings is 1. The van der Waals surface area contributed by atoms with E-state index in [2.05, 4.69) is 6.92 Å². The van der Waals surface area contributed by atoms with Gasteiger partial charge in [-0.1, -0.05) is 6.92 Å². The second kappa shape index (κ2) is 5.10. The molecule has 2 heterocycles. The van der Waals surface area contributed by atoms with Gasteiger partial charge in [-0.3, -0.25) is 4.79 Å². The van der Waals surface area contributed by atoms with E-state index in [0.29, 0.717) is 30.5 Å². The van der Waals surface area contributed by atoms with Crippen LogP contribution in [0.1, 0.15) is 23.7 Å². The van der Waals surface area contributed by atoms with E-state index in [1.807, 2.05) is 4.90 Å². The summed E-state index contributed by atoms with van der Waals surface area (Å²) in [5.41, 5.74) is 6.16. The molecule has 5 heteroatoms. The van der Waals surface area contributed by atoms with Crippen LogP contribution < -0.4 is 5.73 Å². The van der Waals surface area contributed by atoms with Gasteiger partial charge in [0.2, 0.25) is 5.22 Å². The summed E-state index contributed by atoms with van der Waals surface area (Å²) in [7, 11) is 0. The van der Waals surface area contributed by atoms with Crippen LogP contribution in [0.3, 0.4) is 0 Å². The fraction of sp³-hybridized carbons (Fsp3) is 0.583. The van der Waals surface area contributed by atoms with Gasteiger partial charge in [-0.2, -0.15) is 0 Å². The van der Waals surface area contributed by atoms with Gasteiger partial charge < -0.3 is 15.1 Å². The summed E-state index contributed by atoms with van der Waals surface area (Å²) in [5.74, 6) is 0.886. The Morgan fingerprint density at radius 2 is 2.47 bits per heavy atom. The smallest absolute Gasteiger partial charge is 0.258 e. The minimum atomic E-state index is -0.0610. The number of hydrogen-bond donors (Lipinski definition) is 1. The van der Waals surface area contributed by atoms with Gasteiger partial charge in [0.05, 0.1) is 11.8 Å². The van der Waals surface area contributed by atoms with Gasteiger partial charge in [-0.15, -0.1) is 0 Å². The number of nitrogens with two attached hydrogens (primary N) is 1. The van der Waals surface area contributed by atoms with E-state index in [9.17, 15) is 4.79 Å². The number of carbonyl (C=O) groups is 1. The average Bonchev–Trinajstić information content (AvgIpc) is 2.75. The van der Waals surface area contributed by atoms with Gasteiger partial charge >= 0.3 is 0 Å². The normalized spacial score (nSPS) is 25.0. The highest BCUT2D eigenvalue weighted by atomic mass is 35.5. The molecule has 1 amide bonds. The molecule has 1 aliphatic heterocycles. The van der Waals surface area contributed by atoms with Crippen molar-refractivity contribution in [2.24, 2.45) is 17.6 Å². The highest BCUT2D eigenvalue weighted by Crippen LogP contribution is 2.25. The predicted molar refractivity (Wildman–Crippen MR) is 65.9 cm³/mol. The zero-order valence-corrected chi connectivity index (χ0v) is 10.6. The lowest BCUT2D eigenvalue weighted by atomic mass is 9.87. The van der Waals surface area contributed by atoms with Crippen LogP contribution in [-0.2, 0) is 0 Å². The van der Waals surface area contributed by atoms with E-state index in [-0.39, 0.29) is 11.1 Å². The second-order valence-corrected chi connectivity index (χ2v) is 4.96. The number of rotatable bonds is 2. The van der Waals surface area contributed by atoms with Crippen LogP contribution in [0.5, 0.6) is 0 Å². The molecule has 2 atom stereocenters. The first-order valence-electron chi connectivity index (χ1n) is 5.85. The summed E-state index contributed by atoms with van der Waals surface area (Å²) in [4.78, 5) is 14.0. The van der Waals surface area contributed by atoms with Crippen molar-refractivity contribution in [2.75, 3.05) is 19.6 Å². The van der Waals surface area contributed by atoms with E-state index < -0.39 is 0 Å². The van der Waals surface area contributed by atoms with Crippen molar-refractivity contribution in [3.05, 3.63) is 23.1 Å². The Labute approximate surface area is 106 Å². The molecular weight excluding hydrogens is 240 g/mol. The molecule has 1 fully saturated rings. The van der Waals surface area contributed by atoms with E-state index in [4.69, 9.17) is 21.8 Å². The molecule has 4 nitrogen and oxygen atoms in total. The third-order valence-electron chi connectivity index (χ3n) is 3.55. The molecule has 2 unspecified atom stereocenters. The molecule has 17 heavy (non-hydrogen) atoms. The highest BCUT2D eigenvalue weighted by Gasteiger charge is 2.29. The van der Waals surface area contributed by atoms with Gasteiger partial charge in [0.25, 0.3) is 5.91 Å². The number of carbonyl (C=O) groups excluding carboxylic acids is 1. The van der Waals surface area contributed by atoms with Gasteiger partial charge in [0.1, 0.15) is 0 Å². The number of furan rings is 1. The molecule has 1 aromatic rings. The van der Waals surface area contributed by atoms with Crippen LogP contribution in [0.2, 0.25) is 5.22 Å². The van der Waals surface area contributed by atoms with E-state index in [1.165, 1.54) is 6.26 Å². The van der Waals surface area contributed by atoms with Gasteiger partial charge in [0.15, 0.2) is 0 Å². The zero-order valence-electron chi connectivity index (χ0n) is 9.86. The first-order valence-corrected chi connectivity index (χ1v) is 6.23. The zero-order chi connectivity index (χ0) is 12.4. The fourth-order valence-electron chi connectivity index (χ4n) is 2.26. The summed E-state index contributed by atoms with van der Waals surface area (Å²) in [6.45, 7) is 4.27.